The van der Waals surface area contributed by atoms with E-state index in [1.165, 1.54) is 12.1 Å². The third-order valence-electron chi connectivity index (χ3n) is 4.17. The first kappa shape index (κ1) is 18.9. The van der Waals surface area contributed by atoms with Gasteiger partial charge in [-0.05, 0) is 6.07 Å². The molecule has 1 aliphatic rings. The molecule has 2 amide bonds. The van der Waals surface area contributed by atoms with Gasteiger partial charge in [0.05, 0.1) is 16.9 Å². The van der Waals surface area contributed by atoms with Crippen LogP contribution in [0.1, 0.15) is 37.5 Å². The Hall–Kier alpha value is -3.88. The highest BCUT2D eigenvalue weighted by Crippen LogP contribution is 2.30. The van der Waals surface area contributed by atoms with Crippen molar-refractivity contribution in [3.05, 3.63) is 75.3 Å². The van der Waals surface area contributed by atoms with Crippen LogP contribution in [0.15, 0.2) is 48.5 Å². The predicted octanol–water partition coefficient (Wildman–Crippen LogP) is 2.01. The second-order valence-electron chi connectivity index (χ2n) is 5.92. The van der Waals surface area contributed by atoms with Crippen LogP contribution in [-0.2, 0) is 9.53 Å². The third-order valence-corrected chi connectivity index (χ3v) is 4.17. The SMILES string of the molecule is O=C(CCN1C(=O)c2cccc([N+](=O)[O-])c2C1=O)OCC(=O)c1ccccc1. The fourth-order valence-electron chi connectivity index (χ4n) is 2.80. The number of fused-ring (bicyclic) bond motifs is 1. The number of carbonyl (C=O) groups is 4. The first-order valence-corrected chi connectivity index (χ1v) is 8.27. The van der Waals surface area contributed by atoms with Crippen molar-refractivity contribution in [2.24, 2.45) is 0 Å². The number of nitro groups is 1. The molecule has 0 aliphatic carbocycles. The zero-order valence-corrected chi connectivity index (χ0v) is 14.5. The number of carbonyl (C=O) groups excluding carboxylic acids is 4. The van der Waals surface area contributed by atoms with E-state index in [0.29, 0.717) is 5.56 Å². The average molecular weight is 382 g/mol. The van der Waals surface area contributed by atoms with Gasteiger partial charge >= 0.3 is 5.97 Å². The van der Waals surface area contributed by atoms with Crippen LogP contribution < -0.4 is 0 Å². The Morgan fingerprint density at radius 2 is 1.71 bits per heavy atom. The van der Waals surface area contributed by atoms with E-state index in [4.69, 9.17) is 4.74 Å². The number of nitro benzene ring substituents is 1. The van der Waals surface area contributed by atoms with Crippen LogP contribution in [0.3, 0.4) is 0 Å². The largest absolute Gasteiger partial charge is 0.457 e. The summed E-state index contributed by atoms with van der Waals surface area (Å²) in [5, 5.41) is 11.1. The van der Waals surface area contributed by atoms with Gasteiger partial charge in [-0.15, -0.1) is 0 Å². The normalized spacial score (nSPS) is 12.6. The van der Waals surface area contributed by atoms with Crippen LogP contribution in [0.4, 0.5) is 5.69 Å². The second kappa shape index (κ2) is 7.78. The number of hydrogen-bond donors (Lipinski definition) is 0. The summed E-state index contributed by atoms with van der Waals surface area (Å²) in [4.78, 5) is 59.6. The van der Waals surface area contributed by atoms with Gasteiger partial charge in [0, 0.05) is 18.2 Å². The summed E-state index contributed by atoms with van der Waals surface area (Å²) in [6.07, 6.45) is -0.332. The number of nitrogens with zero attached hydrogens (tertiary/aromatic N) is 2. The molecule has 142 valence electrons. The van der Waals surface area contributed by atoms with Gasteiger partial charge in [0.1, 0.15) is 5.56 Å². The van der Waals surface area contributed by atoms with Crippen LogP contribution in [0.2, 0.25) is 0 Å². The van der Waals surface area contributed by atoms with E-state index in [9.17, 15) is 29.3 Å². The lowest BCUT2D eigenvalue weighted by molar-refractivity contribution is -0.385. The summed E-state index contributed by atoms with van der Waals surface area (Å²) in [7, 11) is 0. The topological polar surface area (TPSA) is 124 Å². The lowest BCUT2D eigenvalue weighted by Crippen LogP contribution is -2.32. The van der Waals surface area contributed by atoms with E-state index >= 15 is 0 Å². The number of Topliss-reactive ketones (excluding diaryl/α,β-unsaturated/α-hetero) is 1. The number of amides is 2. The summed E-state index contributed by atoms with van der Waals surface area (Å²) < 4.78 is 4.88. The third kappa shape index (κ3) is 3.63. The van der Waals surface area contributed by atoms with E-state index < -0.39 is 35.0 Å². The molecule has 3 rings (SSSR count). The molecule has 0 radical (unpaired) electrons. The first-order chi connectivity index (χ1) is 13.4. The molecule has 2 aromatic rings. The fraction of sp³-hybridized carbons (Fsp3) is 0.158. The predicted molar refractivity (Wildman–Crippen MR) is 94.8 cm³/mol. The van der Waals surface area contributed by atoms with Crippen molar-refractivity contribution < 1.29 is 28.8 Å². The standard InChI is InChI=1S/C19H14N2O7/c22-15(12-5-2-1-3-6-12)11-28-16(23)9-10-20-18(24)13-7-4-8-14(21(26)27)17(13)19(20)25/h1-8H,9-11H2. The van der Waals surface area contributed by atoms with Crippen molar-refractivity contribution in [3.8, 4) is 0 Å². The van der Waals surface area contributed by atoms with Gasteiger partial charge in [0.25, 0.3) is 17.5 Å². The van der Waals surface area contributed by atoms with Crippen molar-refractivity contribution in [1.29, 1.82) is 0 Å². The number of ether oxygens (including phenoxy) is 1. The van der Waals surface area contributed by atoms with Crippen LogP contribution in [0.5, 0.6) is 0 Å². The molecule has 9 heteroatoms. The molecule has 0 saturated heterocycles. The van der Waals surface area contributed by atoms with Gasteiger partial charge in [-0.1, -0.05) is 36.4 Å². The number of rotatable bonds is 7. The molecule has 0 atom stereocenters. The molecule has 1 heterocycles. The van der Waals surface area contributed by atoms with E-state index in [0.717, 1.165) is 11.0 Å². The van der Waals surface area contributed by atoms with Crippen molar-refractivity contribution >= 4 is 29.3 Å². The van der Waals surface area contributed by atoms with Gasteiger partial charge in [0.2, 0.25) is 0 Å². The molecule has 0 fully saturated rings. The van der Waals surface area contributed by atoms with Crippen LogP contribution >= 0.6 is 0 Å². The Morgan fingerprint density at radius 3 is 2.39 bits per heavy atom. The Labute approximate surface area is 158 Å². The van der Waals surface area contributed by atoms with Crippen molar-refractivity contribution in [2.45, 2.75) is 6.42 Å². The quantitative estimate of drug-likeness (QED) is 0.236. The van der Waals surface area contributed by atoms with E-state index in [-0.39, 0.29) is 29.9 Å². The van der Waals surface area contributed by atoms with E-state index in [1.54, 1.807) is 30.3 Å². The van der Waals surface area contributed by atoms with Crippen LogP contribution in [-0.4, -0.2) is 46.5 Å². The molecule has 0 aromatic heterocycles. The van der Waals surface area contributed by atoms with Gasteiger partial charge < -0.3 is 4.74 Å². The van der Waals surface area contributed by atoms with Gasteiger partial charge in [-0.3, -0.25) is 34.2 Å². The molecule has 0 spiro atoms. The minimum absolute atomic E-state index is 0.0770. The monoisotopic (exact) mass is 382 g/mol. The number of imide groups is 1. The van der Waals surface area contributed by atoms with Crippen molar-refractivity contribution in [2.75, 3.05) is 13.2 Å². The molecule has 2 aromatic carbocycles. The maximum atomic E-state index is 12.4. The summed E-state index contributed by atoms with van der Waals surface area (Å²) >= 11 is 0. The number of benzene rings is 2. The van der Waals surface area contributed by atoms with Gasteiger partial charge in [0.15, 0.2) is 12.4 Å². The zero-order valence-electron chi connectivity index (χ0n) is 14.5. The lowest BCUT2D eigenvalue weighted by Gasteiger charge is -2.13. The summed E-state index contributed by atoms with van der Waals surface area (Å²) in [5.41, 5.74) is -0.436. The number of esters is 1. The summed E-state index contributed by atoms with van der Waals surface area (Å²) in [6.45, 7) is -0.766. The molecular formula is C19H14N2O7. The van der Waals surface area contributed by atoms with Gasteiger partial charge in [-0.25, -0.2) is 0 Å². The Morgan fingerprint density at radius 1 is 1.00 bits per heavy atom. The Kier molecular flexibility index (Phi) is 5.25. The minimum Gasteiger partial charge on any atom is -0.457 e. The second-order valence-corrected chi connectivity index (χ2v) is 5.92. The maximum Gasteiger partial charge on any atom is 0.308 e. The molecular weight excluding hydrogens is 368 g/mol. The van der Waals surface area contributed by atoms with Crippen LogP contribution in [0.25, 0.3) is 0 Å². The highest BCUT2D eigenvalue weighted by Gasteiger charge is 2.40. The highest BCUT2D eigenvalue weighted by atomic mass is 16.6. The smallest absolute Gasteiger partial charge is 0.308 e. The molecule has 0 bridgehead atoms. The Balaban J connectivity index is 1.59. The first-order valence-electron chi connectivity index (χ1n) is 8.27. The average Bonchev–Trinajstić information content (AvgIpc) is 2.95. The zero-order chi connectivity index (χ0) is 20.3. The molecule has 0 N–H and O–H groups in total. The number of hydrogen-bond acceptors (Lipinski definition) is 7. The molecule has 28 heavy (non-hydrogen) atoms. The minimum atomic E-state index is -0.833. The summed E-state index contributed by atoms with van der Waals surface area (Å²) in [5.74, 6) is -2.70. The maximum absolute atomic E-state index is 12.4. The molecule has 0 unspecified atom stereocenters. The number of ketones is 1. The van der Waals surface area contributed by atoms with E-state index in [1.807, 2.05) is 0 Å². The highest BCUT2D eigenvalue weighted by molar-refractivity contribution is 6.23. The van der Waals surface area contributed by atoms with Crippen molar-refractivity contribution in [1.82, 2.24) is 4.90 Å². The lowest BCUT2D eigenvalue weighted by atomic mass is 10.1. The molecule has 9 nitrogen and oxygen atoms in total. The van der Waals surface area contributed by atoms with Crippen molar-refractivity contribution in [3.63, 3.8) is 0 Å². The van der Waals surface area contributed by atoms with E-state index in [2.05, 4.69) is 0 Å². The Bertz CT molecular complexity index is 985. The molecule has 0 saturated carbocycles. The van der Waals surface area contributed by atoms with Crippen LogP contribution in [0, 0.1) is 10.1 Å². The molecule has 1 aliphatic heterocycles. The fourth-order valence-corrected chi connectivity index (χ4v) is 2.80. The van der Waals surface area contributed by atoms with Gasteiger partial charge in [-0.2, -0.15) is 0 Å². The summed E-state index contributed by atoms with van der Waals surface area (Å²) in [6, 6.07) is 12.0.